The summed E-state index contributed by atoms with van der Waals surface area (Å²) in [5.74, 6) is 0.282. The van der Waals surface area contributed by atoms with Crippen LogP contribution in [-0.4, -0.2) is 62.4 Å². The summed E-state index contributed by atoms with van der Waals surface area (Å²) in [4.78, 5) is 33.9. The molecule has 3 heterocycles. The first-order chi connectivity index (χ1) is 14.7. The fraction of sp³-hybridized carbons (Fsp3) is 0.500. The van der Waals surface area contributed by atoms with Gasteiger partial charge in [0.1, 0.15) is 0 Å². The molecule has 3 aromatic rings. The van der Waals surface area contributed by atoms with Crippen molar-refractivity contribution in [2.45, 2.75) is 47.5 Å². The van der Waals surface area contributed by atoms with Gasteiger partial charge in [-0.1, -0.05) is 32.9 Å². The van der Waals surface area contributed by atoms with Gasteiger partial charge in [-0.2, -0.15) is 5.10 Å². The first-order valence-corrected chi connectivity index (χ1v) is 11.0. The highest BCUT2D eigenvalue weighted by Gasteiger charge is 2.30. The van der Waals surface area contributed by atoms with Crippen molar-refractivity contribution in [1.82, 2.24) is 24.4 Å². The molecule has 0 saturated carbocycles. The van der Waals surface area contributed by atoms with E-state index in [9.17, 15) is 9.59 Å². The number of rotatable bonds is 3. The van der Waals surface area contributed by atoms with Crippen molar-refractivity contribution in [2.75, 3.05) is 26.2 Å². The average Bonchev–Trinajstić information content (AvgIpc) is 3.11. The molecule has 0 unspecified atom stereocenters. The van der Waals surface area contributed by atoms with Gasteiger partial charge in [0.2, 0.25) is 11.8 Å². The third-order valence-corrected chi connectivity index (χ3v) is 6.17. The van der Waals surface area contributed by atoms with Crippen LogP contribution in [0.25, 0.3) is 16.6 Å². The standard InChI is InChI=1S/C24H31N5O2/c1-16-18(17(2)29-22(25-16)19-8-6-7-9-20(19)26-29)10-11-21(30)27-12-14-28(15-13-27)23(31)24(3,4)5/h6-9H,10-15H2,1-5H3. The molecule has 2 amide bonds. The van der Waals surface area contributed by atoms with Gasteiger partial charge in [0.25, 0.3) is 0 Å². The maximum absolute atomic E-state index is 12.9. The lowest BCUT2D eigenvalue weighted by atomic mass is 9.94. The van der Waals surface area contributed by atoms with Crippen LogP contribution in [0.2, 0.25) is 0 Å². The largest absolute Gasteiger partial charge is 0.339 e. The van der Waals surface area contributed by atoms with Crippen LogP contribution in [0.3, 0.4) is 0 Å². The topological polar surface area (TPSA) is 70.8 Å². The molecule has 1 aromatic carbocycles. The summed E-state index contributed by atoms with van der Waals surface area (Å²) in [5.41, 5.74) is 4.46. The molecule has 7 heteroatoms. The third-order valence-electron chi connectivity index (χ3n) is 6.17. The minimum Gasteiger partial charge on any atom is -0.339 e. The van der Waals surface area contributed by atoms with Gasteiger partial charge >= 0.3 is 0 Å². The van der Waals surface area contributed by atoms with Crippen LogP contribution in [0.1, 0.15) is 44.1 Å². The molecule has 0 aliphatic carbocycles. The molecule has 1 saturated heterocycles. The van der Waals surface area contributed by atoms with Crippen LogP contribution in [0.4, 0.5) is 0 Å². The van der Waals surface area contributed by atoms with Gasteiger partial charge in [0.15, 0.2) is 5.65 Å². The van der Waals surface area contributed by atoms with Crippen molar-refractivity contribution in [2.24, 2.45) is 5.41 Å². The van der Waals surface area contributed by atoms with E-state index in [-0.39, 0.29) is 17.2 Å². The number of hydrogen-bond acceptors (Lipinski definition) is 4. The number of piperazine rings is 1. The number of aryl methyl sites for hydroxylation is 2. The Morgan fingerprint density at radius 1 is 1.00 bits per heavy atom. The van der Waals surface area contributed by atoms with Crippen LogP contribution < -0.4 is 0 Å². The molecule has 7 nitrogen and oxygen atoms in total. The normalized spacial score (nSPS) is 15.1. The van der Waals surface area contributed by atoms with Gasteiger partial charge in [0, 0.05) is 54.8 Å². The molecule has 4 rings (SSSR count). The Hall–Kier alpha value is -2.96. The summed E-state index contributed by atoms with van der Waals surface area (Å²) in [6, 6.07) is 8.01. The molecule has 0 N–H and O–H groups in total. The van der Waals surface area contributed by atoms with E-state index < -0.39 is 0 Å². The van der Waals surface area contributed by atoms with E-state index >= 15 is 0 Å². The second-order valence-corrected chi connectivity index (χ2v) is 9.44. The van der Waals surface area contributed by atoms with Crippen LogP contribution in [0.15, 0.2) is 24.3 Å². The van der Waals surface area contributed by atoms with Crippen LogP contribution in [0, 0.1) is 19.3 Å². The summed E-state index contributed by atoms with van der Waals surface area (Å²) in [6.45, 7) is 12.3. The number of benzene rings is 1. The second-order valence-electron chi connectivity index (χ2n) is 9.44. The maximum atomic E-state index is 12.9. The highest BCUT2D eigenvalue weighted by Crippen LogP contribution is 2.23. The van der Waals surface area contributed by atoms with E-state index in [1.165, 1.54) is 0 Å². The summed E-state index contributed by atoms with van der Waals surface area (Å²) in [5, 5.41) is 5.74. The summed E-state index contributed by atoms with van der Waals surface area (Å²) in [7, 11) is 0. The molecule has 0 atom stereocenters. The molecular formula is C24H31N5O2. The number of aromatic nitrogens is 3. The zero-order valence-electron chi connectivity index (χ0n) is 19.1. The van der Waals surface area contributed by atoms with Gasteiger partial charge in [-0.15, -0.1) is 0 Å². The summed E-state index contributed by atoms with van der Waals surface area (Å²) < 4.78 is 1.90. The molecule has 0 spiro atoms. The summed E-state index contributed by atoms with van der Waals surface area (Å²) in [6.07, 6.45) is 1.07. The summed E-state index contributed by atoms with van der Waals surface area (Å²) >= 11 is 0. The van der Waals surface area contributed by atoms with E-state index in [0.717, 1.165) is 33.5 Å². The quantitative estimate of drug-likeness (QED) is 0.651. The van der Waals surface area contributed by atoms with Crippen molar-refractivity contribution < 1.29 is 9.59 Å². The Kier molecular flexibility index (Phi) is 5.45. The predicted octanol–water partition coefficient (Wildman–Crippen LogP) is 3.15. The van der Waals surface area contributed by atoms with E-state index in [0.29, 0.717) is 39.0 Å². The van der Waals surface area contributed by atoms with Crippen molar-refractivity contribution in [3.05, 3.63) is 41.2 Å². The highest BCUT2D eigenvalue weighted by molar-refractivity contribution is 5.92. The fourth-order valence-electron chi connectivity index (χ4n) is 4.36. The molecule has 31 heavy (non-hydrogen) atoms. The number of carbonyl (C=O) groups is 2. The Morgan fingerprint density at radius 2 is 1.65 bits per heavy atom. The third kappa shape index (κ3) is 4.01. The molecule has 164 valence electrons. The van der Waals surface area contributed by atoms with Crippen LogP contribution >= 0.6 is 0 Å². The van der Waals surface area contributed by atoms with Crippen molar-refractivity contribution >= 4 is 28.4 Å². The Balaban J connectivity index is 1.44. The first-order valence-electron chi connectivity index (χ1n) is 11.0. The Labute approximate surface area is 183 Å². The second kappa shape index (κ2) is 7.94. The molecule has 1 aliphatic rings. The smallest absolute Gasteiger partial charge is 0.228 e. The van der Waals surface area contributed by atoms with Crippen LogP contribution in [0.5, 0.6) is 0 Å². The van der Waals surface area contributed by atoms with Gasteiger partial charge in [-0.05, 0) is 38.0 Å². The van der Waals surface area contributed by atoms with E-state index in [2.05, 4.69) is 0 Å². The van der Waals surface area contributed by atoms with Gasteiger partial charge < -0.3 is 9.80 Å². The lowest BCUT2D eigenvalue weighted by Crippen LogP contribution is -2.53. The Morgan fingerprint density at radius 3 is 2.32 bits per heavy atom. The molecular weight excluding hydrogens is 390 g/mol. The maximum Gasteiger partial charge on any atom is 0.228 e. The fourth-order valence-corrected chi connectivity index (χ4v) is 4.36. The monoisotopic (exact) mass is 421 g/mol. The number of nitrogens with zero attached hydrogens (tertiary/aromatic N) is 5. The molecule has 2 aromatic heterocycles. The minimum atomic E-state index is -0.385. The number of fused-ring (bicyclic) bond motifs is 3. The lowest BCUT2D eigenvalue weighted by molar-refractivity contribution is -0.144. The zero-order chi connectivity index (χ0) is 22.3. The average molecular weight is 422 g/mol. The minimum absolute atomic E-state index is 0.132. The van der Waals surface area contributed by atoms with E-state index in [1.54, 1.807) is 0 Å². The van der Waals surface area contributed by atoms with Gasteiger partial charge in [-0.3, -0.25) is 9.59 Å². The molecule has 1 aliphatic heterocycles. The highest BCUT2D eigenvalue weighted by atomic mass is 16.2. The van der Waals surface area contributed by atoms with Crippen molar-refractivity contribution in [3.8, 4) is 0 Å². The van der Waals surface area contributed by atoms with Crippen molar-refractivity contribution in [1.29, 1.82) is 0 Å². The predicted molar refractivity (Wildman–Crippen MR) is 121 cm³/mol. The van der Waals surface area contributed by atoms with E-state index in [4.69, 9.17) is 10.1 Å². The number of hydrogen-bond donors (Lipinski definition) is 0. The van der Waals surface area contributed by atoms with Crippen molar-refractivity contribution in [3.63, 3.8) is 0 Å². The first kappa shape index (κ1) is 21.3. The molecule has 1 fully saturated rings. The SMILES string of the molecule is Cc1nc2c3ccccc3nn2c(C)c1CCC(=O)N1CCN(C(=O)C(C)(C)C)CC1. The molecule has 0 radical (unpaired) electrons. The number of amides is 2. The van der Waals surface area contributed by atoms with Crippen LogP contribution in [-0.2, 0) is 16.0 Å². The number of carbonyl (C=O) groups excluding carboxylic acids is 2. The van der Waals surface area contributed by atoms with Gasteiger partial charge in [-0.25, -0.2) is 9.50 Å². The Bertz CT molecular complexity index is 1150. The lowest BCUT2D eigenvalue weighted by Gasteiger charge is -2.37. The zero-order valence-corrected chi connectivity index (χ0v) is 19.1. The molecule has 0 bridgehead atoms. The van der Waals surface area contributed by atoms with E-state index in [1.807, 2.05) is 73.2 Å². The van der Waals surface area contributed by atoms with Gasteiger partial charge in [0.05, 0.1) is 5.52 Å².